The van der Waals surface area contributed by atoms with Crippen molar-refractivity contribution in [1.29, 1.82) is 0 Å². The Morgan fingerprint density at radius 1 is 1.00 bits per heavy atom. The summed E-state index contributed by atoms with van der Waals surface area (Å²) >= 11 is 0. The molecule has 0 amide bonds. The van der Waals surface area contributed by atoms with Crippen LogP contribution < -0.4 is 0 Å². The van der Waals surface area contributed by atoms with Crippen LogP contribution in [0.3, 0.4) is 0 Å². The summed E-state index contributed by atoms with van der Waals surface area (Å²) in [6, 6.07) is 0. The first kappa shape index (κ1) is 28.0. The van der Waals surface area contributed by atoms with Gasteiger partial charge in [-0.05, 0) is 0 Å². The van der Waals surface area contributed by atoms with E-state index < -0.39 is 0 Å². The molecule has 0 aromatic carbocycles. The van der Waals surface area contributed by atoms with Gasteiger partial charge in [-0.25, -0.2) is 0 Å². The largest absolute Gasteiger partial charge is 0 e. The molecule has 0 fully saturated rings. The van der Waals surface area contributed by atoms with Crippen molar-refractivity contribution in [3.8, 4) is 0 Å². The van der Waals surface area contributed by atoms with Crippen LogP contribution in [0.1, 0.15) is 0 Å². The van der Waals surface area contributed by atoms with E-state index in [-0.39, 0.29) is 91.6 Å². The summed E-state index contributed by atoms with van der Waals surface area (Å²) in [6.07, 6.45) is 0. The Kier molecular flexibility index (Phi) is 117. The summed E-state index contributed by atoms with van der Waals surface area (Å²) < 4.78 is 0. The zero-order chi connectivity index (χ0) is 0. The van der Waals surface area contributed by atoms with E-state index >= 15 is 0 Å². The van der Waals surface area contributed by atoms with Crippen LogP contribution in [-0.4, -0.2) is 0 Å². The van der Waals surface area contributed by atoms with Crippen molar-refractivity contribution in [2.45, 2.75) is 0 Å². The molecule has 0 aliphatic heterocycles. The molecule has 0 heterocycles. The van der Waals surface area contributed by atoms with E-state index in [2.05, 4.69) is 0 Å². The van der Waals surface area contributed by atoms with Crippen LogP contribution in [-0.2, 0) is 60.5 Å². The van der Waals surface area contributed by atoms with Gasteiger partial charge in [-0.15, -0.1) is 0 Å². The fraction of sp³-hybridized carbons (Fsp3) is 0. The van der Waals surface area contributed by atoms with Gasteiger partial charge in [0.25, 0.3) is 0 Å². The Morgan fingerprint density at radius 3 is 1.00 bits per heavy atom. The molecule has 0 unspecified atom stereocenters. The number of hydrogen-bond acceptors (Lipinski definition) is 0. The first-order valence-electron chi connectivity index (χ1n) is 0. The van der Waals surface area contributed by atoms with Gasteiger partial charge in [0.2, 0.25) is 0 Å². The Labute approximate surface area is 89.9 Å². The van der Waals surface area contributed by atoms with Gasteiger partial charge in [0.05, 0.1) is 0 Å². The molecule has 0 aliphatic rings. The molecule has 0 saturated carbocycles. The van der Waals surface area contributed by atoms with Crippen LogP contribution in [0, 0.1) is 31.1 Å². The van der Waals surface area contributed by atoms with Gasteiger partial charge >= 0.3 is 0 Å². The monoisotopic (exact) mass is 682 g/mol. The predicted octanol–water partition coefficient (Wildman–Crippen LogP) is -0.00750. The second-order valence-electron chi connectivity index (χ2n) is 0. The van der Waals surface area contributed by atoms with Gasteiger partial charge in [-0.2, -0.15) is 0 Å². The molecule has 2 radical (unpaired) electrons. The van der Waals surface area contributed by atoms with Crippen LogP contribution in [0.4, 0.5) is 0 Å². The zero-order valence-corrected chi connectivity index (χ0v) is 11.7. The second-order valence-corrected chi connectivity index (χ2v) is 0. The van der Waals surface area contributed by atoms with E-state index in [9.17, 15) is 0 Å². The third-order valence-corrected chi connectivity index (χ3v) is 0. The van der Waals surface area contributed by atoms with Crippen LogP contribution in [0.25, 0.3) is 0 Å². The smallest absolute Gasteiger partial charge is 0 e. The first-order valence-corrected chi connectivity index (χ1v) is 0. The summed E-state index contributed by atoms with van der Waals surface area (Å²) in [4.78, 5) is 0. The summed E-state index contributed by atoms with van der Waals surface area (Å²) in [5, 5.41) is 0. The first-order chi connectivity index (χ1) is 0. The maximum Gasteiger partial charge on any atom is 0 e. The molecule has 0 aromatic heterocycles. The minimum Gasteiger partial charge on any atom is 0 e. The van der Waals surface area contributed by atoms with Crippen molar-refractivity contribution >= 4 is 0 Å². The van der Waals surface area contributed by atoms with Crippen LogP contribution in [0.15, 0.2) is 0 Å². The van der Waals surface area contributed by atoms with Gasteiger partial charge in [0.15, 0.2) is 0 Å². The van der Waals surface area contributed by atoms with Gasteiger partial charge in [0.1, 0.15) is 0 Å². The van der Waals surface area contributed by atoms with E-state index in [1.54, 1.807) is 0 Å². The maximum atomic E-state index is 0. The Morgan fingerprint density at radius 2 is 1.00 bits per heavy atom. The molecule has 0 spiro atoms. The average molecular weight is 682 g/mol. The standard InChI is InChI=1S/Au.Cu.U.W. The molecular formula is AuCuUW. The van der Waals surface area contributed by atoms with E-state index in [4.69, 9.17) is 0 Å². The molecule has 0 aliphatic carbocycles. The molecule has 0 nitrogen and oxygen atoms in total. The molecule has 0 bridgehead atoms. The molecule has 4 heavy (non-hydrogen) atoms. The van der Waals surface area contributed by atoms with E-state index in [1.165, 1.54) is 0 Å². The van der Waals surface area contributed by atoms with Crippen molar-refractivity contribution in [2.75, 3.05) is 0 Å². The predicted molar refractivity (Wildman–Crippen MR) is 0 cm³/mol. The third-order valence-electron chi connectivity index (χ3n) is 0. The molecule has 0 saturated heterocycles. The fourth-order valence-corrected chi connectivity index (χ4v) is 0. The normalized spacial score (nSPS) is 0. The summed E-state index contributed by atoms with van der Waals surface area (Å²) in [5.74, 6) is 0. The minimum absolute atomic E-state index is 0. The van der Waals surface area contributed by atoms with Gasteiger partial charge in [0, 0.05) is 91.6 Å². The maximum absolute atomic E-state index is 0. The van der Waals surface area contributed by atoms with Crippen LogP contribution in [0.5, 0.6) is 0 Å². The molecule has 0 N–H and O–H groups in total. The van der Waals surface area contributed by atoms with Crippen LogP contribution >= 0.6 is 0 Å². The summed E-state index contributed by atoms with van der Waals surface area (Å²) in [6.45, 7) is 0. The quantitative estimate of drug-likeness (QED) is 0.316. The van der Waals surface area contributed by atoms with Gasteiger partial charge in [-0.1, -0.05) is 0 Å². The van der Waals surface area contributed by atoms with Gasteiger partial charge < -0.3 is 0 Å². The van der Waals surface area contributed by atoms with Crippen LogP contribution in [0.2, 0.25) is 0 Å². The molecule has 0 rings (SSSR count). The fourth-order valence-electron chi connectivity index (χ4n) is 0. The Hall–Kier alpha value is 3.00. The SMILES string of the molecule is [Au].[Cu].[U].[W]. The van der Waals surface area contributed by atoms with Crippen molar-refractivity contribution in [2.24, 2.45) is 0 Å². The third kappa shape index (κ3) is 8.89. The Balaban J connectivity index is 0. The second kappa shape index (κ2) is 16.7. The van der Waals surface area contributed by atoms with Gasteiger partial charge in [-0.3, -0.25) is 0 Å². The molecular weight excluding hydrogens is 682 g/mol. The van der Waals surface area contributed by atoms with E-state index in [1.807, 2.05) is 0 Å². The van der Waals surface area contributed by atoms with Crippen molar-refractivity contribution in [1.82, 2.24) is 0 Å². The van der Waals surface area contributed by atoms with Crippen molar-refractivity contribution in [3.05, 3.63) is 0 Å². The Bertz CT molecular complexity index is 8.00. The summed E-state index contributed by atoms with van der Waals surface area (Å²) in [5.41, 5.74) is 0. The molecule has 0 aromatic rings. The van der Waals surface area contributed by atoms with E-state index in [0.717, 1.165) is 0 Å². The topological polar surface area (TPSA) is 0 Å². The van der Waals surface area contributed by atoms with Crippen molar-refractivity contribution < 1.29 is 91.6 Å². The zero-order valence-electron chi connectivity index (χ0n) is 1.51. The number of rotatable bonds is 0. The van der Waals surface area contributed by atoms with E-state index in [0.29, 0.717) is 0 Å². The molecule has 4 heteroatoms. The molecule has 0 atom stereocenters. The van der Waals surface area contributed by atoms with Crippen molar-refractivity contribution in [3.63, 3.8) is 0 Å². The minimum atomic E-state index is 0. The number of hydrogen-bond donors (Lipinski definition) is 0. The average Bonchev–Trinajstić information content (AvgIpc) is 0. The molecule has 32 valence electrons. The summed E-state index contributed by atoms with van der Waals surface area (Å²) in [7, 11) is 0.